The number of hydrogen-bond donors (Lipinski definition) is 4. The predicted molar refractivity (Wildman–Crippen MR) is 137 cm³/mol. The molecule has 35 heavy (non-hydrogen) atoms. The molecule has 8 nitrogen and oxygen atoms in total. The quantitative estimate of drug-likeness (QED) is 0.319. The van der Waals surface area contributed by atoms with Gasteiger partial charge in [0.25, 0.3) is 0 Å². The van der Waals surface area contributed by atoms with E-state index in [1.165, 1.54) is 17.5 Å². The number of nitrogen functional groups attached to an aromatic ring is 1. The van der Waals surface area contributed by atoms with Gasteiger partial charge in [0, 0.05) is 17.6 Å². The van der Waals surface area contributed by atoms with Gasteiger partial charge in [-0.05, 0) is 67.3 Å². The lowest BCUT2D eigenvalue weighted by Gasteiger charge is -2.19. The monoisotopic (exact) mass is 470 g/mol. The summed E-state index contributed by atoms with van der Waals surface area (Å²) in [5.41, 5.74) is 10.1. The zero-order valence-electron chi connectivity index (χ0n) is 19.5. The summed E-state index contributed by atoms with van der Waals surface area (Å²) in [5.74, 6) is 1.37. The van der Waals surface area contributed by atoms with Crippen molar-refractivity contribution in [2.24, 2.45) is 5.92 Å². The number of aliphatic hydroxyl groups is 2. The number of aromatic nitrogens is 4. The molecule has 4 aromatic rings. The second-order valence-corrected chi connectivity index (χ2v) is 9.90. The number of aliphatic hydroxyl groups excluding tert-OH is 2. The van der Waals surface area contributed by atoms with Crippen molar-refractivity contribution in [3.05, 3.63) is 66.6 Å². The summed E-state index contributed by atoms with van der Waals surface area (Å²) in [5, 5.41) is 27.1. The van der Waals surface area contributed by atoms with Crippen LogP contribution in [0.15, 0.2) is 55.5 Å². The van der Waals surface area contributed by atoms with Gasteiger partial charge < -0.3 is 25.8 Å². The number of anilines is 2. The molecule has 8 heteroatoms. The lowest BCUT2D eigenvalue weighted by Crippen LogP contribution is -2.29. The van der Waals surface area contributed by atoms with Crippen LogP contribution in [0.1, 0.15) is 36.4 Å². The van der Waals surface area contributed by atoms with E-state index in [4.69, 9.17) is 10.7 Å². The third kappa shape index (κ3) is 3.83. The minimum atomic E-state index is -0.859. The van der Waals surface area contributed by atoms with Crippen LogP contribution in [-0.4, -0.2) is 48.0 Å². The number of rotatable bonds is 6. The highest BCUT2D eigenvalue weighted by atomic mass is 16.3. The minimum absolute atomic E-state index is 0.0170. The first kappa shape index (κ1) is 22.0. The molecule has 5 atom stereocenters. The molecule has 1 saturated carbocycles. The van der Waals surface area contributed by atoms with E-state index in [1.807, 2.05) is 22.9 Å². The third-order valence-electron chi connectivity index (χ3n) is 7.69. The number of hydrogen-bond acceptors (Lipinski definition) is 7. The normalized spacial score (nSPS) is 25.7. The van der Waals surface area contributed by atoms with Gasteiger partial charge in [-0.25, -0.2) is 15.0 Å². The fraction of sp³-hybridized carbons (Fsp3) is 0.370. The molecule has 1 aliphatic carbocycles. The molecule has 4 heterocycles. The van der Waals surface area contributed by atoms with E-state index < -0.39 is 12.2 Å². The highest BCUT2D eigenvalue weighted by molar-refractivity contribution is 5.86. The molecular formula is C27H30N6O2. The summed E-state index contributed by atoms with van der Waals surface area (Å²) in [6, 6.07) is 10.6. The summed E-state index contributed by atoms with van der Waals surface area (Å²) in [4.78, 5) is 13.3. The highest BCUT2D eigenvalue weighted by Gasteiger charge is 2.42. The topological polar surface area (TPSA) is 122 Å². The van der Waals surface area contributed by atoms with Crippen molar-refractivity contribution in [2.45, 2.75) is 56.4 Å². The van der Waals surface area contributed by atoms with Crippen molar-refractivity contribution in [1.29, 1.82) is 0 Å². The smallest absolute Gasteiger partial charge is 0.145 e. The van der Waals surface area contributed by atoms with Gasteiger partial charge in [-0.15, -0.1) is 6.58 Å². The van der Waals surface area contributed by atoms with Gasteiger partial charge in [-0.2, -0.15) is 0 Å². The molecule has 0 bridgehead atoms. The number of nitrogens with two attached hydrogens (primary N) is 1. The van der Waals surface area contributed by atoms with Crippen LogP contribution in [0.5, 0.6) is 0 Å². The van der Waals surface area contributed by atoms with Gasteiger partial charge >= 0.3 is 0 Å². The van der Waals surface area contributed by atoms with Crippen LogP contribution in [0.25, 0.3) is 21.9 Å². The first-order chi connectivity index (χ1) is 17.0. The Labute approximate surface area is 203 Å². The average molecular weight is 471 g/mol. The first-order valence-electron chi connectivity index (χ1n) is 12.2. The third-order valence-corrected chi connectivity index (χ3v) is 7.69. The van der Waals surface area contributed by atoms with Gasteiger partial charge in [-0.3, -0.25) is 0 Å². The molecule has 6 rings (SSSR count). The summed E-state index contributed by atoms with van der Waals surface area (Å²) >= 11 is 0. The molecule has 0 spiro atoms. The van der Waals surface area contributed by atoms with Crippen LogP contribution in [-0.2, 0) is 12.8 Å². The first-order valence-corrected chi connectivity index (χ1v) is 12.2. The summed E-state index contributed by atoms with van der Waals surface area (Å²) in [7, 11) is 0. The maximum atomic E-state index is 10.8. The highest BCUT2D eigenvalue weighted by Crippen LogP contribution is 2.40. The minimum Gasteiger partial charge on any atom is -0.390 e. The zero-order valence-corrected chi connectivity index (χ0v) is 19.5. The Kier molecular flexibility index (Phi) is 5.42. The molecule has 1 aromatic carbocycles. The van der Waals surface area contributed by atoms with Gasteiger partial charge in [0.1, 0.15) is 29.7 Å². The maximum absolute atomic E-state index is 10.8. The van der Waals surface area contributed by atoms with Crippen LogP contribution in [0.3, 0.4) is 0 Å². The van der Waals surface area contributed by atoms with Gasteiger partial charge in [0.15, 0.2) is 0 Å². The second-order valence-electron chi connectivity index (χ2n) is 9.90. The SMILES string of the molecule is C=CC[C@@H]1Cc2cc3ccc(CC[C@H]4C[C@@H](n5ccc6c(N)ncnc65)[C@H](O)[C@@H]4O)cc3nc2N1. The molecule has 1 aliphatic heterocycles. The van der Waals surface area contributed by atoms with Crippen molar-refractivity contribution in [2.75, 3.05) is 11.1 Å². The molecule has 0 saturated heterocycles. The second kappa shape index (κ2) is 8.62. The van der Waals surface area contributed by atoms with E-state index in [2.05, 4.69) is 46.1 Å². The molecular weight excluding hydrogens is 440 g/mol. The number of aryl methyl sites for hydroxylation is 1. The van der Waals surface area contributed by atoms with Crippen LogP contribution < -0.4 is 11.1 Å². The van der Waals surface area contributed by atoms with Crippen LogP contribution >= 0.6 is 0 Å². The number of nitrogens with zero attached hydrogens (tertiary/aromatic N) is 4. The Balaban J connectivity index is 1.17. The molecule has 2 aliphatic rings. The predicted octanol–water partition coefficient (Wildman–Crippen LogP) is 3.39. The molecule has 0 unspecified atom stereocenters. The summed E-state index contributed by atoms with van der Waals surface area (Å²) in [6.07, 6.45) is 7.77. The molecule has 0 radical (unpaired) electrons. The van der Waals surface area contributed by atoms with Crippen molar-refractivity contribution in [3.8, 4) is 0 Å². The fourth-order valence-electron chi connectivity index (χ4n) is 5.82. The largest absolute Gasteiger partial charge is 0.390 e. The van der Waals surface area contributed by atoms with E-state index in [-0.39, 0.29) is 12.0 Å². The number of fused-ring (bicyclic) bond motifs is 3. The fourth-order valence-corrected chi connectivity index (χ4v) is 5.82. The molecule has 0 amide bonds. The molecule has 3 aromatic heterocycles. The maximum Gasteiger partial charge on any atom is 0.145 e. The van der Waals surface area contributed by atoms with E-state index >= 15 is 0 Å². The Hall–Kier alpha value is -3.49. The number of nitrogens with one attached hydrogen (secondary N) is 1. The molecule has 5 N–H and O–H groups in total. The van der Waals surface area contributed by atoms with E-state index in [0.717, 1.165) is 47.8 Å². The lowest BCUT2D eigenvalue weighted by atomic mass is 9.95. The van der Waals surface area contributed by atoms with Gasteiger partial charge in [-0.1, -0.05) is 18.2 Å². The summed E-state index contributed by atoms with van der Waals surface area (Å²) in [6.45, 7) is 3.85. The Bertz CT molecular complexity index is 1420. The zero-order chi connectivity index (χ0) is 24.1. The van der Waals surface area contributed by atoms with Crippen molar-refractivity contribution >= 4 is 33.6 Å². The molecule has 180 valence electrons. The average Bonchev–Trinajstić information content (AvgIpc) is 3.53. The standard InChI is InChI=1S/C27H30N6O2/c1-2-3-19-12-18-11-16-6-4-15(10-21(16)32-26(18)31-19)5-7-17-13-22(24(35)23(17)34)33-9-8-20-25(28)29-14-30-27(20)33/h2,4,6,8-11,14,17,19,22-24,34-35H,1,3,5,7,12-13H2,(H,31,32)(H2,28,29,30)/t17-,19+,22+,23+,24-/m0/s1. The Morgan fingerprint density at radius 2 is 2.06 bits per heavy atom. The van der Waals surface area contributed by atoms with Crippen molar-refractivity contribution in [1.82, 2.24) is 19.5 Å². The van der Waals surface area contributed by atoms with Crippen LogP contribution in [0, 0.1) is 5.92 Å². The number of pyridine rings is 1. The van der Waals surface area contributed by atoms with Gasteiger partial charge in [0.05, 0.1) is 23.0 Å². The number of benzene rings is 1. The van der Waals surface area contributed by atoms with Gasteiger partial charge in [0.2, 0.25) is 0 Å². The van der Waals surface area contributed by atoms with Crippen molar-refractivity contribution in [3.63, 3.8) is 0 Å². The van der Waals surface area contributed by atoms with Crippen molar-refractivity contribution < 1.29 is 10.2 Å². The Morgan fingerprint density at radius 3 is 2.91 bits per heavy atom. The summed E-state index contributed by atoms with van der Waals surface area (Å²) < 4.78 is 1.93. The van der Waals surface area contributed by atoms with E-state index in [1.54, 1.807) is 0 Å². The van der Waals surface area contributed by atoms with Crippen LogP contribution in [0.4, 0.5) is 11.6 Å². The van der Waals surface area contributed by atoms with E-state index in [0.29, 0.717) is 23.9 Å². The Morgan fingerprint density at radius 1 is 1.17 bits per heavy atom. The molecule has 1 fully saturated rings. The van der Waals surface area contributed by atoms with E-state index in [9.17, 15) is 10.2 Å². The van der Waals surface area contributed by atoms with Crippen LogP contribution in [0.2, 0.25) is 0 Å². The lowest BCUT2D eigenvalue weighted by molar-refractivity contribution is 0.00545.